The van der Waals surface area contributed by atoms with E-state index >= 15 is 0 Å². The normalized spacial score (nSPS) is 10.9. The van der Waals surface area contributed by atoms with E-state index in [2.05, 4.69) is 15.1 Å². The number of carbonyl (C=O) groups is 1. The molecule has 0 spiro atoms. The van der Waals surface area contributed by atoms with Gasteiger partial charge in [-0.15, -0.1) is 0 Å². The molecule has 168 valence electrons. The fourth-order valence-corrected chi connectivity index (χ4v) is 3.38. The molecule has 1 N–H and O–H groups in total. The molecule has 0 aliphatic heterocycles. The number of hydrazone groups is 1. The lowest BCUT2D eigenvalue weighted by Crippen LogP contribution is -2.24. The van der Waals surface area contributed by atoms with Crippen molar-refractivity contribution < 1.29 is 14.3 Å². The molecular formula is C25H30N4O3. The van der Waals surface area contributed by atoms with Crippen LogP contribution in [-0.2, 0) is 4.79 Å². The second-order valence-electron chi connectivity index (χ2n) is 7.56. The van der Waals surface area contributed by atoms with Gasteiger partial charge in [-0.1, -0.05) is 6.07 Å². The first-order valence-corrected chi connectivity index (χ1v) is 10.5. The van der Waals surface area contributed by atoms with Gasteiger partial charge in [0, 0.05) is 48.5 Å². The number of rotatable bonds is 9. The second-order valence-corrected chi connectivity index (χ2v) is 7.56. The molecule has 0 saturated heterocycles. The standard InChI is InChI=1S/C25H30N4O3/c1-6-31-23-12-10-21(11-13-23)29-18(2)14-20(19(29)3)16-26-27-25(30)17-32-24-9-7-8-22(15-24)28(4)5/h7-16H,6,17H2,1-5H3,(H,27,30)/b26-16+. The number of amides is 1. The Morgan fingerprint density at radius 2 is 1.81 bits per heavy atom. The molecular weight excluding hydrogens is 404 g/mol. The quantitative estimate of drug-likeness (QED) is 0.407. The van der Waals surface area contributed by atoms with E-state index in [1.165, 1.54) is 0 Å². The smallest absolute Gasteiger partial charge is 0.277 e. The van der Waals surface area contributed by atoms with Crippen LogP contribution in [0.1, 0.15) is 23.9 Å². The molecule has 0 radical (unpaired) electrons. The van der Waals surface area contributed by atoms with Crippen LogP contribution in [0.2, 0.25) is 0 Å². The number of carbonyl (C=O) groups excluding carboxylic acids is 1. The average molecular weight is 435 g/mol. The van der Waals surface area contributed by atoms with E-state index in [0.29, 0.717) is 12.4 Å². The fourth-order valence-electron chi connectivity index (χ4n) is 3.38. The average Bonchev–Trinajstić information content (AvgIpc) is 3.06. The highest BCUT2D eigenvalue weighted by atomic mass is 16.5. The van der Waals surface area contributed by atoms with Crippen molar-refractivity contribution in [2.24, 2.45) is 5.10 Å². The van der Waals surface area contributed by atoms with Crippen molar-refractivity contribution >= 4 is 17.8 Å². The predicted octanol–water partition coefficient (Wildman–Crippen LogP) is 4.09. The Morgan fingerprint density at radius 1 is 1.06 bits per heavy atom. The minimum absolute atomic E-state index is 0.112. The van der Waals surface area contributed by atoms with Crippen molar-refractivity contribution in [1.29, 1.82) is 0 Å². The molecule has 0 atom stereocenters. The predicted molar refractivity (Wildman–Crippen MR) is 128 cm³/mol. The van der Waals surface area contributed by atoms with E-state index in [-0.39, 0.29) is 12.5 Å². The molecule has 0 unspecified atom stereocenters. The Hall–Kier alpha value is -3.74. The van der Waals surface area contributed by atoms with Crippen LogP contribution in [0.25, 0.3) is 5.69 Å². The fraction of sp³-hybridized carbons (Fsp3) is 0.280. The van der Waals surface area contributed by atoms with Gasteiger partial charge in [-0.25, -0.2) is 5.43 Å². The monoisotopic (exact) mass is 434 g/mol. The first-order valence-electron chi connectivity index (χ1n) is 10.5. The summed E-state index contributed by atoms with van der Waals surface area (Å²) in [6.45, 7) is 6.55. The Labute approximate surface area is 189 Å². The Morgan fingerprint density at radius 3 is 2.50 bits per heavy atom. The van der Waals surface area contributed by atoms with Gasteiger partial charge in [0.05, 0.1) is 12.8 Å². The molecule has 0 aliphatic carbocycles. The van der Waals surface area contributed by atoms with Gasteiger partial charge in [0.1, 0.15) is 11.5 Å². The van der Waals surface area contributed by atoms with Crippen molar-refractivity contribution in [3.8, 4) is 17.2 Å². The molecule has 3 aromatic rings. The number of anilines is 1. The molecule has 3 rings (SSSR count). The van der Waals surface area contributed by atoms with Crippen LogP contribution in [0.5, 0.6) is 11.5 Å². The Balaban J connectivity index is 1.60. The maximum atomic E-state index is 12.1. The van der Waals surface area contributed by atoms with Crippen molar-refractivity contribution in [3.05, 3.63) is 71.5 Å². The third kappa shape index (κ3) is 5.69. The number of benzene rings is 2. The van der Waals surface area contributed by atoms with E-state index < -0.39 is 0 Å². The van der Waals surface area contributed by atoms with E-state index in [1.807, 2.05) is 94.4 Å². The number of nitrogens with zero attached hydrogens (tertiary/aromatic N) is 3. The van der Waals surface area contributed by atoms with E-state index in [9.17, 15) is 4.79 Å². The highest BCUT2D eigenvalue weighted by Gasteiger charge is 2.10. The van der Waals surface area contributed by atoms with Crippen LogP contribution >= 0.6 is 0 Å². The van der Waals surface area contributed by atoms with Gasteiger partial charge >= 0.3 is 0 Å². The highest BCUT2D eigenvalue weighted by molar-refractivity contribution is 5.84. The maximum Gasteiger partial charge on any atom is 0.277 e. The zero-order valence-corrected chi connectivity index (χ0v) is 19.3. The summed E-state index contributed by atoms with van der Waals surface area (Å²) in [4.78, 5) is 14.1. The molecule has 32 heavy (non-hydrogen) atoms. The minimum atomic E-state index is -0.322. The largest absolute Gasteiger partial charge is 0.494 e. The van der Waals surface area contributed by atoms with Gasteiger partial charge in [-0.2, -0.15) is 5.10 Å². The number of aryl methyl sites for hydroxylation is 1. The lowest BCUT2D eigenvalue weighted by atomic mass is 10.2. The van der Waals surface area contributed by atoms with Crippen molar-refractivity contribution in [3.63, 3.8) is 0 Å². The molecule has 0 fully saturated rings. The third-order valence-corrected chi connectivity index (χ3v) is 4.97. The number of hydrogen-bond acceptors (Lipinski definition) is 5. The first-order chi connectivity index (χ1) is 15.4. The van der Waals surface area contributed by atoms with Crippen LogP contribution in [0.3, 0.4) is 0 Å². The van der Waals surface area contributed by atoms with Crippen LogP contribution in [0, 0.1) is 13.8 Å². The summed E-state index contributed by atoms with van der Waals surface area (Å²) >= 11 is 0. The number of ether oxygens (including phenoxy) is 2. The van der Waals surface area contributed by atoms with Crippen LogP contribution in [0.15, 0.2) is 59.7 Å². The zero-order chi connectivity index (χ0) is 23.1. The van der Waals surface area contributed by atoms with E-state index in [1.54, 1.807) is 6.21 Å². The Bertz CT molecular complexity index is 1090. The minimum Gasteiger partial charge on any atom is -0.494 e. The van der Waals surface area contributed by atoms with Gasteiger partial charge in [-0.05, 0) is 63.2 Å². The summed E-state index contributed by atoms with van der Waals surface area (Å²) in [5, 5.41) is 4.10. The molecule has 0 aliphatic rings. The van der Waals surface area contributed by atoms with E-state index in [4.69, 9.17) is 9.47 Å². The molecule has 1 amide bonds. The van der Waals surface area contributed by atoms with Gasteiger partial charge in [0.25, 0.3) is 5.91 Å². The van der Waals surface area contributed by atoms with Crippen molar-refractivity contribution in [1.82, 2.24) is 9.99 Å². The van der Waals surface area contributed by atoms with Gasteiger partial charge in [0.15, 0.2) is 6.61 Å². The summed E-state index contributed by atoms with van der Waals surface area (Å²) in [6, 6.07) is 17.6. The molecule has 0 saturated carbocycles. The topological polar surface area (TPSA) is 68.1 Å². The van der Waals surface area contributed by atoms with Gasteiger partial charge in [0.2, 0.25) is 0 Å². The van der Waals surface area contributed by atoms with Crippen LogP contribution in [-0.4, -0.2) is 44.0 Å². The first kappa shape index (κ1) is 22.9. The van der Waals surface area contributed by atoms with Crippen LogP contribution in [0.4, 0.5) is 5.69 Å². The highest BCUT2D eigenvalue weighted by Crippen LogP contribution is 2.22. The molecule has 7 nitrogen and oxygen atoms in total. The SMILES string of the molecule is CCOc1ccc(-n2c(C)cc(/C=N/NC(=O)COc3cccc(N(C)C)c3)c2C)cc1. The molecule has 1 heterocycles. The lowest BCUT2D eigenvalue weighted by molar-refractivity contribution is -0.123. The lowest BCUT2D eigenvalue weighted by Gasteiger charge is -2.13. The molecule has 7 heteroatoms. The molecule has 0 bridgehead atoms. The van der Waals surface area contributed by atoms with Gasteiger partial charge < -0.3 is 18.9 Å². The Kier molecular flexibility index (Phi) is 7.54. The number of nitrogens with one attached hydrogen (secondary N) is 1. The zero-order valence-electron chi connectivity index (χ0n) is 19.3. The summed E-state index contributed by atoms with van der Waals surface area (Å²) in [6.07, 6.45) is 1.65. The maximum absolute atomic E-state index is 12.1. The molecule has 1 aromatic heterocycles. The van der Waals surface area contributed by atoms with Crippen molar-refractivity contribution in [2.75, 3.05) is 32.2 Å². The summed E-state index contributed by atoms with van der Waals surface area (Å²) in [5.74, 6) is 1.16. The van der Waals surface area contributed by atoms with E-state index in [0.717, 1.165) is 34.1 Å². The third-order valence-electron chi connectivity index (χ3n) is 4.97. The number of aromatic nitrogens is 1. The summed E-state index contributed by atoms with van der Waals surface area (Å²) < 4.78 is 13.2. The summed E-state index contributed by atoms with van der Waals surface area (Å²) in [7, 11) is 3.90. The number of hydrogen-bond donors (Lipinski definition) is 1. The second kappa shape index (κ2) is 10.5. The summed E-state index contributed by atoms with van der Waals surface area (Å²) in [5.41, 5.74) is 7.60. The van der Waals surface area contributed by atoms with Gasteiger partial charge in [-0.3, -0.25) is 4.79 Å². The molecule has 2 aromatic carbocycles. The van der Waals surface area contributed by atoms with Crippen LogP contribution < -0.4 is 19.8 Å². The van der Waals surface area contributed by atoms with Crippen molar-refractivity contribution in [2.45, 2.75) is 20.8 Å².